The summed E-state index contributed by atoms with van der Waals surface area (Å²) in [5.41, 5.74) is 0.901. The first-order chi connectivity index (χ1) is 11.9. The van der Waals surface area contributed by atoms with Crippen molar-refractivity contribution in [2.45, 2.75) is 64.3 Å². The van der Waals surface area contributed by atoms with E-state index >= 15 is 0 Å². The summed E-state index contributed by atoms with van der Waals surface area (Å²) in [4.78, 5) is 23.6. The van der Waals surface area contributed by atoms with Crippen LogP contribution in [0.1, 0.15) is 49.8 Å². The number of nitrogens with one attached hydrogen (secondary N) is 2. The van der Waals surface area contributed by atoms with Crippen LogP contribution in [0.4, 0.5) is 0 Å². The van der Waals surface area contributed by atoms with Gasteiger partial charge in [0.15, 0.2) is 0 Å². The van der Waals surface area contributed by atoms with Crippen molar-refractivity contribution in [1.82, 2.24) is 10.0 Å². The zero-order chi connectivity index (χ0) is 20.1. The largest absolute Gasteiger partial charge is 0.480 e. The highest BCUT2D eigenvalue weighted by atomic mass is 32.2. The fraction of sp³-hybridized carbons (Fsp3) is 0.556. The third kappa shape index (κ3) is 5.54. The van der Waals surface area contributed by atoms with Gasteiger partial charge >= 0.3 is 5.97 Å². The molecule has 0 saturated carbocycles. The van der Waals surface area contributed by atoms with Gasteiger partial charge in [-0.3, -0.25) is 4.79 Å². The Hall–Kier alpha value is -1.93. The van der Waals surface area contributed by atoms with Crippen LogP contribution in [0.15, 0.2) is 17.0 Å². The normalized spacial score (nSPS) is 13.9. The Labute approximate surface area is 155 Å². The van der Waals surface area contributed by atoms with E-state index in [2.05, 4.69) is 10.0 Å². The van der Waals surface area contributed by atoms with Gasteiger partial charge < -0.3 is 10.4 Å². The Balaban J connectivity index is 2.75. The van der Waals surface area contributed by atoms with E-state index in [-0.39, 0.29) is 17.9 Å². The number of aliphatic carboxylic acids is 1. The van der Waals surface area contributed by atoms with E-state index in [1.54, 1.807) is 26.0 Å². The monoisotopic (exact) mass is 384 g/mol. The van der Waals surface area contributed by atoms with E-state index in [1.807, 2.05) is 13.8 Å². The second kappa shape index (κ2) is 8.64. The fourth-order valence-electron chi connectivity index (χ4n) is 3.05. The van der Waals surface area contributed by atoms with Crippen LogP contribution >= 0.6 is 0 Å². The maximum Gasteiger partial charge on any atom is 0.329 e. The van der Waals surface area contributed by atoms with Crippen molar-refractivity contribution in [2.75, 3.05) is 6.54 Å². The van der Waals surface area contributed by atoms with Gasteiger partial charge in [-0.15, -0.1) is 0 Å². The SMILES string of the molecule is CCCC(C)(NC(=O)CCNS(=O)(=O)c1c(C)cc(C)cc1C)C(=O)O. The summed E-state index contributed by atoms with van der Waals surface area (Å²) in [5.74, 6) is -1.62. The van der Waals surface area contributed by atoms with Gasteiger partial charge in [-0.05, 0) is 45.2 Å². The summed E-state index contributed by atoms with van der Waals surface area (Å²) in [5, 5.41) is 11.7. The number of hydrogen-bond acceptors (Lipinski definition) is 4. The molecule has 0 fully saturated rings. The Morgan fingerprint density at radius 2 is 1.69 bits per heavy atom. The molecule has 1 aromatic carbocycles. The lowest BCUT2D eigenvalue weighted by molar-refractivity contribution is -0.147. The molecule has 0 aliphatic carbocycles. The molecule has 1 atom stereocenters. The van der Waals surface area contributed by atoms with Crippen molar-refractivity contribution in [2.24, 2.45) is 0 Å². The van der Waals surface area contributed by atoms with E-state index in [4.69, 9.17) is 0 Å². The minimum absolute atomic E-state index is 0.108. The molecule has 8 heteroatoms. The highest BCUT2D eigenvalue weighted by Gasteiger charge is 2.33. The van der Waals surface area contributed by atoms with Crippen molar-refractivity contribution in [3.05, 3.63) is 28.8 Å². The number of benzene rings is 1. The number of carbonyl (C=O) groups excluding carboxylic acids is 1. The van der Waals surface area contributed by atoms with Crippen molar-refractivity contribution < 1.29 is 23.1 Å². The van der Waals surface area contributed by atoms with Gasteiger partial charge in [0.05, 0.1) is 4.90 Å². The Morgan fingerprint density at radius 1 is 1.15 bits per heavy atom. The quantitative estimate of drug-likeness (QED) is 0.603. The molecule has 0 heterocycles. The zero-order valence-electron chi connectivity index (χ0n) is 16.0. The summed E-state index contributed by atoms with van der Waals surface area (Å²) in [6.45, 7) is 8.51. The van der Waals surface area contributed by atoms with Crippen LogP contribution in [0.3, 0.4) is 0 Å². The third-order valence-corrected chi connectivity index (χ3v) is 5.92. The molecule has 0 radical (unpaired) electrons. The first-order valence-electron chi connectivity index (χ1n) is 8.55. The lowest BCUT2D eigenvalue weighted by atomic mass is 9.96. The maximum absolute atomic E-state index is 12.5. The van der Waals surface area contributed by atoms with Crippen LogP contribution < -0.4 is 10.0 Å². The lowest BCUT2D eigenvalue weighted by Crippen LogP contribution is -2.52. The molecule has 7 nitrogen and oxygen atoms in total. The topological polar surface area (TPSA) is 113 Å². The van der Waals surface area contributed by atoms with Gasteiger partial charge in [0, 0.05) is 13.0 Å². The highest BCUT2D eigenvalue weighted by molar-refractivity contribution is 7.89. The van der Waals surface area contributed by atoms with Crippen molar-refractivity contribution >= 4 is 21.9 Å². The number of aryl methyl sites for hydroxylation is 3. The molecule has 1 rings (SSSR count). The number of amides is 1. The standard InChI is InChI=1S/C18H28N2O5S/c1-6-8-18(5,17(22)23)20-15(21)7-9-19-26(24,25)16-13(3)10-12(2)11-14(16)4/h10-11,19H,6-9H2,1-5H3,(H,20,21)(H,22,23). The first kappa shape index (κ1) is 22.1. The average Bonchev–Trinajstić information content (AvgIpc) is 2.45. The molecular weight excluding hydrogens is 356 g/mol. The summed E-state index contributed by atoms with van der Waals surface area (Å²) < 4.78 is 27.5. The number of hydrogen-bond donors (Lipinski definition) is 3. The number of rotatable bonds is 9. The Kier molecular flexibility index (Phi) is 7.35. The number of sulfonamides is 1. The molecule has 1 aromatic rings. The van der Waals surface area contributed by atoms with Crippen LogP contribution in [0, 0.1) is 20.8 Å². The molecule has 0 aliphatic rings. The van der Waals surface area contributed by atoms with E-state index in [1.165, 1.54) is 6.92 Å². The summed E-state index contributed by atoms with van der Waals surface area (Å²) >= 11 is 0. The Morgan fingerprint density at radius 3 is 2.15 bits per heavy atom. The van der Waals surface area contributed by atoms with Crippen molar-refractivity contribution in [3.63, 3.8) is 0 Å². The van der Waals surface area contributed by atoms with E-state index < -0.39 is 27.4 Å². The smallest absolute Gasteiger partial charge is 0.329 e. The van der Waals surface area contributed by atoms with Crippen molar-refractivity contribution in [1.29, 1.82) is 0 Å². The molecule has 3 N–H and O–H groups in total. The summed E-state index contributed by atoms with van der Waals surface area (Å²) in [7, 11) is -3.75. The van der Waals surface area contributed by atoms with Gasteiger partial charge in [0.2, 0.25) is 15.9 Å². The zero-order valence-corrected chi connectivity index (χ0v) is 16.8. The first-order valence-corrected chi connectivity index (χ1v) is 10.0. The summed E-state index contributed by atoms with van der Waals surface area (Å²) in [6.07, 6.45) is 0.749. The highest BCUT2D eigenvalue weighted by Crippen LogP contribution is 2.21. The molecular formula is C18H28N2O5S. The van der Waals surface area contributed by atoms with Crippen LogP contribution in [-0.4, -0.2) is 37.5 Å². The Bertz CT molecular complexity index is 766. The molecule has 1 unspecified atom stereocenters. The van der Waals surface area contributed by atoms with E-state index in [0.717, 1.165) is 5.56 Å². The molecule has 1 amide bonds. The van der Waals surface area contributed by atoms with Gasteiger partial charge in [-0.25, -0.2) is 17.9 Å². The van der Waals surface area contributed by atoms with Crippen LogP contribution in [0.5, 0.6) is 0 Å². The van der Waals surface area contributed by atoms with Gasteiger partial charge in [0.1, 0.15) is 5.54 Å². The predicted molar refractivity (Wildman–Crippen MR) is 99.6 cm³/mol. The molecule has 0 spiro atoms. The predicted octanol–water partition coefficient (Wildman–Crippen LogP) is 2.04. The van der Waals surface area contributed by atoms with Crippen LogP contribution in [0.2, 0.25) is 0 Å². The van der Waals surface area contributed by atoms with E-state index in [9.17, 15) is 23.1 Å². The second-order valence-corrected chi connectivity index (χ2v) is 8.51. The maximum atomic E-state index is 12.5. The molecule has 146 valence electrons. The third-order valence-electron chi connectivity index (χ3n) is 4.15. The van der Waals surface area contributed by atoms with Crippen molar-refractivity contribution in [3.8, 4) is 0 Å². The number of carboxylic acids is 1. The average molecular weight is 384 g/mol. The lowest BCUT2D eigenvalue weighted by Gasteiger charge is -2.25. The summed E-state index contributed by atoms with van der Waals surface area (Å²) in [6, 6.07) is 3.58. The van der Waals surface area contributed by atoms with Crippen LogP contribution in [-0.2, 0) is 19.6 Å². The van der Waals surface area contributed by atoms with Gasteiger partial charge in [0.25, 0.3) is 0 Å². The van der Waals surface area contributed by atoms with Gasteiger partial charge in [-0.2, -0.15) is 0 Å². The van der Waals surface area contributed by atoms with E-state index in [0.29, 0.717) is 24.0 Å². The van der Waals surface area contributed by atoms with Gasteiger partial charge in [-0.1, -0.05) is 31.0 Å². The minimum atomic E-state index is -3.75. The molecule has 0 saturated heterocycles. The minimum Gasteiger partial charge on any atom is -0.480 e. The second-order valence-electron chi connectivity index (χ2n) is 6.81. The fourth-order valence-corrected chi connectivity index (χ4v) is 4.54. The molecule has 0 aliphatic heterocycles. The van der Waals surface area contributed by atoms with Crippen LogP contribution in [0.25, 0.3) is 0 Å². The number of carboxylic acid groups (broad SMARTS) is 1. The number of carbonyl (C=O) groups is 2. The molecule has 26 heavy (non-hydrogen) atoms. The molecule has 0 bridgehead atoms. The molecule has 0 aromatic heterocycles.